The maximum Gasteiger partial charge on any atom is 0.259 e. The molecule has 3 aromatic carbocycles. The van der Waals surface area contributed by atoms with Crippen molar-refractivity contribution >= 4 is 28.8 Å². The van der Waals surface area contributed by atoms with Gasteiger partial charge in [0, 0.05) is 5.71 Å². The lowest BCUT2D eigenvalue weighted by molar-refractivity contribution is 0.0972. The highest BCUT2D eigenvalue weighted by atomic mass is 19.1. The van der Waals surface area contributed by atoms with Crippen molar-refractivity contribution in [3.63, 3.8) is 0 Å². The number of amides is 1. The van der Waals surface area contributed by atoms with Crippen LogP contribution in [-0.2, 0) is 0 Å². The van der Waals surface area contributed by atoms with Crippen LogP contribution in [-0.4, -0.2) is 31.7 Å². The summed E-state index contributed by atoms with van der Waals surface area (Å²) in [6, 6.07) is 18.7. The molecule has 0 radical (unpaired) electrons. The molecular weight excluding hydrogens is 409 g/mol. The number of nitrogens with one attached hydrogen (secondary N) is 1. The quantitative estimate of drug-likeness (QED) is 0.618. The van der Waals surface area contributed by atoms with E-state index in [-0.39, 0.29) is 5.56 Å². The predicted molar refractivity (Wildman–Crippen MR) is 122 cm³/mol. The van der Waals surface area contributed by atoms with Crippen LogP contribution >= 0.6 is 0 Å². The summed E-state index contributed by atoms with van der Waals surface area (Å²) in [5.41, 5.74) is 2.75. The molecule has 1 heterocycles. The molecule has 0 saturated heterocycles. The molecule has 1 N–H and O–H groups in total. The van der Waals surface area contributed by atoms with Gasteiger partial charge in [0.2, 0.25) is 0 Å². The van der Waals surface area contributed by atoms with Crippen molar-refractivity contribution in [2.45, 2.75) is 12.8 Å². The largest absolute Gasteiger partial charge is 0.493 e. The Kier molecular flexibility index (Phi) is 5.98. The zero-order valence-electron chi connectivity index (χ0n) is 17.9. The zero-order chi connectivity index (χ0) is 22.7. The van der Waals surface area contributed by atoms with E-state index < -0.39 is 17.6 Å². The van der Waals surface area contributed by atoms with E-state index in [1.54, 1.807) is 26.4 Å². The number of halogens is 1. The number of methoxy groups -OCH3 is 2. The molecule has 0 fully saturated rings. The third kappa shape index (κ3) is 4.09. The summed E-state index contributed by atoms with van der Waals surface area (Å²) in [6.45, 7) is 1.87. The SMILES string of the molecule is COc1ccc([C@H]2C(C)=Nc3ccccc3N=C2NC(=O)c2ccccc2F)cc1OC. The Bertz CT molecular complexity index is 1240. The average molecular weight is 431 g/mol. The van der Waals surface area contributed by atoms with Gasteiger partial charge in [0.1, 0.15) is 11.7 Å². The van der Waals surface area contributed by atoms with Gasteiger partial charge in [-0.05, 0) is 48.9 Å². The fraction of sp³-hybridized carbons (Fsp3) is 0.160. The first kappa shape index (κ1) is 21.2. The number of nitrogens with zero attached hydrogens (tertiary/aromatic N) is 2. The lowest BCUT2D eigenvalue weighted by Gasteiger charge is -2.21. The van der Waals surface area contributed by atoms with Crippen molar-refractivity contribution in [1.29, 1.82) is 0 Å². The molecule has 162 valence electrons. The summed E-state index contributed by atoms with van der Waals surface area (Å²) in [7, 11) is 3.12. The van der Waals surface area contributed by atoms with Crippen LogP contribution in [0.1, 0.15) is 28.8 Å². The van der Waals surface area contributed by atoms with Crippen LogP contribution in [0.2, 0.25) is 0 Å². The maximum atomic E-state index is 14.2. The van der Waals surface area contributed by atoms with E-state index in [9.17, 15) is 9.18 Å². The second-order valence-corrected chi connectivity index (χ2v) is 7.22. The highest BCUT2D eigenvalue weighted by Gasteiger charge is 2.28. The third-order valence-corrected chi connectivity index (χ3v) is 5.21. The smallest absolute Gasteiger partial charge is 0.259 e. The maximum absolute atomic E-state index is 14.2. The minimum Gasteiger partial charge on any atom is -0.493 e. The van der Waals surface area contributed by atoms with Crippen molar-refractivity contribution < 1.29 is 18.7 Å². The number of amidine groups is 1. The van der Waals surface area contributed by atoms with E-state index in [1.807, 2.05) is 43.3 Å². The number of rotatable bonds is 4. The minimum absolute atomic E-state index is 0.0617. The highest BCUT2D eigenvalue weighted by Crippen LogP contribution is 2.37. The Labute approximate surface area is 185 Å². The summed E-state index contributed by atoms with van der Waals surface area (Å²) < 4.78 is 25.0. The van der Waals surface area contributed by atoms with Crippen molar-refractivity contribution in [1.82, 2.24) is 5.32 Å². The van der Waals surface area contributed by atoms with Crippen LogP contribution in [0.3, 0.4) is 0 Å². The van der Waals surface area contributed by atoms with Crippen molar-refractivity contribution in [3.05, 3.63) is 83.7 Å². The molecule has 1 amide bonds. The number of carbonyl (C=O) groups excluding carboxylic acids is 1. The van der Waals surface area contributed by atoms with Crippen molar-refractivity contribution in [2.24, 2.45) is 9.98 Å². The molecule has 4 rings (SSSR count). The summed E-state index contributed by atoms with van der Waals surface area (Å²) in [4.78, 5) is 22.4. The molecule has 7 heteroatoms. The van der Waals surface area contributed by atoms with Gasteiger partial charge in [-0.3, -0.25) is 9.79 Å². The number of hydrogen-bond acceptors (Lipinski definition) is 5. The Hall–Kier alpha value is -4.00. The third-order valence-electron chi connectivity index (χ3n) is 5.21. The van der Waals surface area contributed by atoms with Gasteiger partial charge < -0.3 is 14.8 Å². The number of fused-ring (bicyclic) bond motifs is 1. The number of carbonyl (C=O) groups is 1. The summed E-state index contributed by atoms with van der Waals surface area (Å²) in [5, 5.41) is 2.82. The number of aliphatic imine (C=N–C) groups is 2. The van der Waals surface area contributed by atoms with E-state index in [2.05, 4.69) is 5.32 Å². The van der Waals surface area contributed by atoms with Crippen LogP contribution < -0.4 is 14.8 Å². The number of para-hydroxylation sites is 2. The first-order chi connectivity index (χ1) is 15.5. The molecule has 0 unspecified atom stereocenters. The van der Waals surface area contributed by atoms with Crippen molar-refractivity contribution in [2.75, 3.05) is 14.2 Å². The van der Waals surface area contributed by atoms with Crippen LogP contribution in [0, 0.1) is 5.82 Å². The molecule has 32 heavy (non-hydrogen) atoms. The van der Waals surface area contributed by atoms with E-state index in [4.69, 9.17) is 19.5 Å². The standard InChI is InChI=1S/C25H22FN3O3/c1-15-23(16-12-13-21(31-2)22(14-16)32-3)24(28-20-11-7-6-10-19(20)27-15)29-25(30)17-8-4-5-9-18(17)26/h4-14,23H,1-3H3,(H,28,29,30)/t23-/m1/s1. The Morgan fingerprint density at radius 3 is 2.25 bits per heavy atom. The zero-order valence-corrected chi connectivity index (χ0v) is 17.9. The Morgan fingerprint density at radius 2 is 1.56 bits per heavy atom. The normalized spacial score (nSPS) is 15.1. The topological polar surface area (TPSA) is 72.3 Å². The lowest BCUT2D eigenvalue weighted by atomic mass is 9.92. The molecule has 0 aromatic heterocycles. The number of ether oxygens (including phenoxy) is 2. The Balaban J connectivity index is 1.83. The number of benzene rings is 3. The highest BCUT2D eigenvalue weighted by molar-refractivity contribution is 6.19. The van der Waals surface area contributed by atoms with Gasteiger partial charge in [0.25, 0.3) is 5.91 Å². The monoisotopic (exact) mass is 431 g/mol. The molecule has 1 aliphatic rings. The van der Waals surface area contributed by atoms with Crippen molar-refractivity contribution in [3.8, 4) is 11.5 Å². The van der Waals surface area contributed by atoms with Gasteiger partial charge in [0.15, 0.2) is 11.5 Å². The molecule has 6 nitrogen and oxygen atoms in total. The second-order valence-electron chi connectivity index (χ2n) is 7.22. The lowest BCUT2D eigenvalue weighted by Crippen LogP contribution is -2.37. The fourth-order valence-electron chi connectivity index (χ4n) is 3.66. The predicted octanol–water partition coefficient (Wildman–Crippen LogP) is 5.19. The van der Waals surface area contributed by atoms with E-state index in [1.165, 1.54) is 18.2 Å². The minimum atomic E-state index is -0.604. The van der Waals surface area contributed by atoms with Gasteiger partial charge in [-0.25, -0.2) is 9.38 Å². The fourth-order valence-corrected chi connectivity index (χ4v) is 3.66. The molecule has 1 atom stereocenters. The molecule has 3 aromatic rings. The average Bonchev–Trinajstić information content (AvgIpc) is 2.94. The summed E-state index contributed by atoms with van der Waals surface area (Å²) in [6.07, 6.45) is 0. The van der Waals surface area contributed by atoms with Gasteiger partial charge >= 0.3 is 0 Å². The van der Waals surface area contributed by atoms with Gasteiger partial charge in [-0.2, -0.15) is 0 Å². The first-order valence-electron chi connectivity index (χ1n) is 10.0. The first-order valence-corrected chi connectivity index (χ1v) is 10.0. The van der Waals surface area contributed by atoms with E-state index in [0.717, 1.165) is 11.3 Å². The molecular formula is C25H22FN3O3. The summed E-state index contributed by atoms with van der Waals surface area (Å²) in [5.74, 6) is -0.210. The van der Waals surface area contributed by atoms with Crippen LogP contribution in [0.15, 0.2) is 76.7 Å². The van der Waals surface area contributed by atoms with Gasteiger partial charge in [-0.1, -0.05) is 30.3 Å². The molecule has 0 aliphatic carbocycles. The number of hydrogen-bond donors (Lipinski definition) is 1. The molecule has 0 spiro atoms. The molecule has 0 bridgehead atoms. The van der Waals surface area contributed by atoms with Crippen LogP contribution in [0.4, 0.5) is 15.8 Å². The van der Waals surface area contributed by atoms with Gasteiger partial charge in [0.05, 0.1) is 37.1 Å². The molecule has 0 saturated carbocycles. The van der Waals surface area contributed by atoms with E-state index in [0.29, 0.717) is 28.7 Å². The van der Waals surface area contributed by atoms with Crippen LogP contribution in [0.25, 0.3) is 0 Å². The second kappa shape index (κ2) is 9.01. The van der Waals surface area contributed by atoms with Gasteiger partial charge in [-0.15, -0.1) is 0 Å². The van der Waals surface area contributed by atoms with E-state index >= 15 is 0 Å². The van der Waals surface area contributed by atoms with Crippen LogP contribution in [0.5, 0.6) is 11.5 Å². The Morgan fingerprint density at radius 1 is 0.906 bits per heavy atom. The molecule has 1 aliphatic heterocycles. The summed E-state index contributed by atoms with van der Waals surface area (Å²) >= 11 is 0.